The molecule has 0 unspecified atom stereocenters. The summed E-state index contributed by atoms with van der Waals surface area (Å²) in [5.74, 6) is 1.46. The van der Waals surface area contributed by atoms with Crippen LogP contribution >= 0.6 is 0 Å². The highest BCUT2D eigenvalue weighted by molar-refractivity contribution is 7.88. The van der Waals surface area contributed by atoms with Crippen LogP contribution in [0.1, 0.15) is 22.5 Å². The number of sulfonamides is 1. The van der Waals surface area contributed by atoms with Crippen LogP contribution in [0.5, 0.6) is 0 Å². The normalized spacial score (nSPS) is 15.5. The Morgan fingerprint density at radius 3 is 2.07 bits per heavy atom. The number of piperazine rings is 1. The molecule has 1 aliphatic heterocycles. The first kappa shape index (κ1) is 20.5. The Bertz CT molecular complexity index is 1120. The number of aryl methyl sites for hydroxylation is 1. The first-order valence-electron chi connectivity index (χ1n) is 9.99. The molecule has 0 aliphatic carbocycles. The lowest BCUT2D eigenvalue weighted by Gasteiger charge is -2.34. The van der Waals surface area contributed by atoms with Crippen LogP contribution in [0.2, 0.25) is 0 Å². The predicted octanol–water partition coefficient (Wildman–Crippen LogP) is 2.24. The average molecular weight is 427 g/mol. The molecule has 3 heterocycles. The maximum Gasteiger partial charge on any atom is 0.218 e. The van der Waals surface area contributed by atoms with Gasteiger partial charge in [0.25, 0.3) is 0 Å². The van der Waals surface area contributed by atoms with E-state index in [-0.39, 0.29) is 5.75 Å². The zero-order valence-corrected chi connectivity index (χ0v) is 18.3. The van der Waals surface area contributed by atoms with Crippen molar-refractivity contribution in [1.29, 1.82) is 0 Å². The fourth-order valence-electron chi connectivity index (χ4n) is 3.62. The van der Waals surface area contributed by atoms with Gasteiger partial charge in [-0.3, -0.25) is 0 Å². The van der Waals surface area contributed by atoms with E-state index in [1.807, 2.05) is 63.2 Å². The number of nitrogens with zero attached hydrogens (tertiary/aromatic N) is 6. The van der Waals surface area contributed by atoms with Crippen molar-refractivity contribution in [2.45, 2.75) is 26.5 Å². The van der Waals surface area contributed by atoms with Crippen LogP contribution in [0.4, 0.5) is 5.82 Å². The zero-order chi connectivity index (χ0) is 21.3. The number of hydrogen-bond donors (Lipinski definition) is 0. The van der Waals surface area contributed by atoms with Crippen LogP contribution in [0.25, 0.3) is 5.82 Å². The fourth-order valence-corrected chi connectivity index (χ4v) is 5.13. The third kappa shape index (κ3) is 4.08. The van der Waals surface area contributed by atoms with Crippen LogP contribution in [-0.2, 0) is 15.8 Å². The molecule has 1 aliphatic rings. The molecule has 3 aromatic rings. The molecule has 0 amide bonds. The van der Waals surface area contributed by atoms with Gasteiger partial charge < -0.3 is 4.90 Å². The second-order valence-corrected chi connectivity index (χ2v) is 9.55. The van der Waals surface area contributed by atoms with E-state index in [0.29, 0.717) is 32.0 Å². The minimum Gasteiger partial charge on any atom is -0.352 e. The van der Waals surface area contributed by atoms with Crippen molar-refractivity contribution >= 4 is 15.8 Å². The SMILES string of the molecule is Cc1nn(-c2ccc(N3CCN(S(=O)(=O)Cc4ccccc4)CC3)nn2)c(C)c1C. The van der Waals surface area contributed by atoms with Gasteiger partial charge in [0, 0.05) is 31.9 Å². The van der Waals surface area contributed by atoms with Gasteiger partial charge in [-0.25, -0.2) is 13.1 Å². The molecule has 0 radical (unpaired) electrons. The lowest BCUT2D eigenvalue weighted by atomic mass is 10.2. The molecule has 30 heavy (non-hydrogen) atoms. The average Bonchev–Trinajstić information content (AvgIpc) is 3.02. The Balaban J connectivity index is 1.41. The Kier molecular flexibility index (Phi) is 5.57. The van der Waals surface area contributed by atoms with Crippen LogP contribution in [0.15, 0.2) is 42.5 Å². The molecule has 1 saturated heterocycles. The first-order chi connectivity index (χ1) is 14.3. The summed E-state index contributed by atoms with van der Waals surface area (Å²) < 4.78 is 28.8. The minimum absolute atomic E-state index is 0.0321. The van der Waals surface area contributed by atoms with E-state index in [1.54, 1.807) is 8.99 Å². The molecule has 9 heteroatoms. The van der Waals surface area contributed by atoms with Crippen molar-refractivity contribution in [2.24, 2.45) is 0 Å². The Morgan fingerprint density at radius 1 is 0.867 bits per heavy atom. The number of benzene rings is 1. The lowest BCUT2D eigenvalue weighted by molar-refractivity contribution is 0.383. The number of aromatic nitrogens is 4. The highest BCUT2D eigenvalue weighted by atomic mass is 32.2. The van der Waals surface area contributed by atoms with Gasteiger partial charge in [-0.15, -0.1) is 10.2 Å². The van der Waals surface area contributed by atoms with Crippen molar-refractivity contribution in [3.63, 3.8) is 0 Å². The second-order valence-electron chi connectivity index (χ2n) is 7.59. The molecular weight excluding hydrogens is 400 g/mol. The summed E-state index contributed by atoms with van der Waals surface area (Å²) in [6.07, 6.45) is 0. The summed E-state index contributed by atoms with van der Waals surface area (Å²) in [5, 5.41) is 13.2. The van der Waals surface area contributed by atoms with Crippen molar-refractivity contribution in [3.05, 3.63) is 65.0 Å². The van der Waals surface area contributed by atoms with Crippen molar-refractivity contribution < 1.29 is 8.42 Å². The van der Waals surface area contributed by atoms with Crippen LogP contribution in [0.3, 0.4) is 0 Å². The quantitative estimate of drug-likeness (QED) is 0.622. The molecule has 1 aromatic carbocycles. The molecule has 4 rings (SSSR count). The van der Waals surface area contributed by atoms with E-state index in [0.717, 1.165) is 28.3 Å². The summed E-state index contributed by atoms with van der Waals surface area (Å²) in [7, 11) is -3.33. The predicted molar refractivity (Wildman–Crippen MR) is 116 cm³/mol. The molecule has 0 N–H and O–H groups in total. The van der Waals surface area contributed by atoms with Gasteiger partial charge in [0.05, 0.1) is 11.4 Å². The third-order valence-electron chi connectivity index (χ3n) is 5.65. The van der Waals surface area contributed by atoms with E-state index in [4.69, 9.17) is 0 Å². The highest BCUT2D eigenvalue weighted by Crippen LogP contribution is 2.19. The second kappa shape index (κ2) is 8.16. The standard InChI is InChI=1S/C21H26N6O2S/c1-16-17(2)24-27(18(16)3)21-10-9-20(22-23-21)25-11-13-26(14-12-25)30(28,29)15-19-7-5-4-6-8-19/h4-10H,11-15H2,1-3H3. The van der Waals surface area contributed by atoms with Gasteiger partial charge >= 0.3 is 0 Å². The zero-order valence-electron chi connectivity index (χ0n) is 17.5. The Labute approximate surface area is 177 Å². The smallest absolute Gasteiger partial charge is 0.218 e. The summed E-state index contributed by atoms with van der Waals surface area (Å²) in [4.78, 5) is 2.07. The largest absolute Gasteiger partial charge is 0.352 e. The van der Waals surface area contributed by atoms with Gasteiger partial charge in [0.1, 0.15) is 0 Å². The Hall–Kier alpha value is -2.78. The molecule has 158 valence electrons. The van der Waals surface area contributed by atoms with Crippen molar-refractivity contribution in [1.82, 2.24) is 24.3 Å². The topological polar surface area (TPSA) is 84.2 Å². The van der Waals surface area contributed by atoms with E-state index in [2.05, 4.69) is 20.2 Å². The van der Waals surface area contributed by atoms with Gasteiger partial charge in [-0.1, -0.05) is 30.3 Å². The van der Waals surface area contributed by atoms with Gasteiger partial charge in [-0.05, 0) is 44.0 Å². The summed E-state index contributed by atoms with van der Waals surface area (Å²) in [5.41, 5.74) is 3.98. The lowest BCUT2D eigenvalue weighted by Crippen LogP contribution is -2.49. The summed E-state index contributed by atoms with van der Waals surface area (Å²) in [6.45, 7) is 8.08. The van der Waals surface area contributed by atoms with Crippen LogP contribution in [0, 0.1) is 20.8 Å². The van der Waals surface area contributed by atoms with E-state index < -0.39 is 10.0 Å². The van der Waals surface area contributed by atoms with Gasteiger partial charge in [-0.2, -0.15) is 9.40 Å². The molecule has 1 fully saturated rings. The van der Waals surface area contributed by atoms with Crippen LogP contribution in [-0.4, -0.2) is 58.9 Å². The fraction of sp³-hybridized carbons (Fsp3) is 0.381. The minimum atomic E-state index is -3.33. The van der Waals surface area contributed by atoms with Gasteiger partial charge in [0.2, 0.25) is 10.0 Å². The van der Waals surface area contributed by atoms with Crippen molar-refractivity contribution in [2.75, 3.05) is 31.1 Å². The van der Waals surface area contributed by atoms with E-state index in [9.17, 15) is 8.42 Å². The molecule has 0 atom stereocenters. The number of rotatable bonds is 5. The van der Waals surface area contributed by atoms with Crippen LogP contribution < -0.4 is 4.90 Å². The van der Waals surface area contributed by atoms with E-state index in [1.165, 1.54) is 0 Å². The van der Waals surface area contributed by atoms with E-state index >= 15 is 0 Å². The molecule has 0 spiro atoms. The number of hydrogen-bond acceptors (Lipinski definition) is 6. The third-order valence-corrected chi connectivity index (χ3v) is 7.50. The monoisotopic (exact) mass is 426 g/mol. The maximum absolute atomic E-state index is 12.7. The molecular formula is C21H26N6O2S. The maximum atomic E-state index is 12.7. The molecule has 0 bridgehead atoms. The Morgan fingerprint density at radius 2 is 1.50 bits per heavy atom. The first-order valence-corrected chi connectivity index (χ1v) is 11.6. The molecule has 8 nitrogen and oxygen atoms in total. The molecule has 0 saturated carbocycles. The van der Waals surface area contributed by atoms with Crippen molar-refractivity contribution in [3.8, 4) is 5.82 Å². The van der Waals surface area contributed by atoms with Gasteiger partial charge in [0.15, 0.2) is 11.6 Å². The summed E-state index contributed by atoms with van der Waals surface area (Å²) >= 11 is 0. The number of anilines is 1. The molecule has 2 aromatic heterocycles. The highest BCUT2D eigenvalue weighted by Gasteiger charge is 2.27. The summed E-state index contributed by atoms with van der Waals surface area (Å²) in [6, 6.07) is 13.1.